The molecule has 22 heavy (non-hydrogen) atoms. The number of halogens is 2. The van der Waals surface area contributed by atoms with E-state index in [4.69, 9.17) is 32.7 Å². The minimum Gasteiger partial charge on any atom is -0.497 e. The molecule has 0 aromatic heterocycles. The number of anilines is 1. The zero-order valence-electron chi connectivity index (χ0n) is 12.2. The molecule has 0 radical (unpaired) electrons. The summed E-state index contributed by atoms with van der Waals surface area (Å²) in [5.41, 5.74) is 1.27. The summed E-state index contributed by atoms with van der Waals surface area (Å²) in [6, 6.07) is 10.2. The molecule has 0 aliphatic rings. The van der Waals surface area contributed by atoms with Crippen molar-refractivity contribution in [2.24, 2.45) is 0 Å². The van der Waals surface area contributed by atoms with Crippen molar-refractivity contribution >= 4 is 34.8 Å². The van der Waals surface area contributed by atoms with Crippen LogP contribution in [-0.4, -0.2) is 20.1 Å². The van der Waals surface area contributed by atoms with E-state index in [1.165, 1.54) is 0 Å². The number of carbonyl (C=O) groups is 1. The highest BCUT2D eigenvalue weighted by molar-refractivity contribution is 6.36. The van der Waals surface area contributed by atoms with Gasteiger partial charge in [-0.3, -0.25) is 4.79 Å². The molecular formula is C16H15Cl2NO3. The first kappa shape index (κ1) is 16.5. The molecule has 0 saturated carbocycles. The molecular weight excluding hydrogens is 325 g/mol. The van der Waals surface area contributed by atoms with E-state index in [1.54, 1.807) is 50.6 Å². The summed E-state index contributed by atoms with van der Waals surface area (Å²) in [5.74, 6) is 1.06. The summed E-state index contributed by atoms with van der Waals surface area (Å²) in [6.45, 7) is 0. The van der Waals surface area contributed by atoms with Crippen LogP contribution in [0.5, 0.6) is 11.5 Å². The van der Waals surface area contributed by atoms with Crippen LogP contribution in [0, 0.1) is 0 Å². The smallest absolute Gasteiger partial charge is 0.228 e. The van der Waals surface area contributed by atoms with E-state index in [9.17, 15) is 4.79 Å². The lowest BCUT2D eigenvalue weighted by molar-refractivity contribution is -0.115. The van der Waals surface area contributed by atoms with E-state index in [2.05, 4.69) is 5.32 Å². The van der Waals surface area contributed by atoms with Crippen molar-refractivity contribution in [3.8, 4) is 11.5 Å². The Labute approximate surface area is 138 Å². The third kappa shape index (κ3) is 4.06. The van der Waals surface area contributed by atoms with Crippen molar-refractivity contribution in [2.45, 2.75) is 6.42 Å². The van der Waals surface area contributed by atoms with Gasteiger partial charge in [-0.2, -0.15) is 0 Å². The van der Waals surface area contributed by atoms with Crippen LogP contribution in [0.1, 0.15) is 5.56 Å². The van der Waals surface area contributed by atoms with E-state index >= 15 is 0 Å². The topological polar surface area (TPSA) is 47.6 Å². The highest BCUT2D eigenvalue weighted by Crippen LogP contribution is 2.27. The number of methoxy groups -OCH3 is 2. The predicted molar refractivity (Wildman–Crippen MR) is 88.3 cm³/mol. The highest BCUT2D eigenvalue weighted by Gasteiger charge is 2.11. The Morgan fingerprint density at radius 2 is 1.86 bits per heavy atom. The standard InChI is InChI=1S/C16H15Cl2NO3/c1-21-12-5-3-10(15(9-12)22-2)7-16(20)19-14-6-4-11(17)8-13(14)18/h3-6,8-9H,7H2,1-2H3,(H,19,20). The van der Waals surface area contributed by atoms with Crippen molar-refractivity contribution in [3.05, 3.63) is 52.0 Å². The average molecular weight is 340 g/mol. The second-order valence-electron chi connectivity index (χ2n) is 4.53. The second kappa shape index (κ2) is 7.38. The van der Waals surface area contributed by atoms with Gasteiger partial charge in [0.25, 0.3) is 0 Å². The number of carbonyl (C=O) groups excluding carboxylic acids is 1. The van der Waals surface area contributed by atoms with Crippen molar-refractivity contribution < 1.29 is 14.3 Å². The van der Waals surface area contributed by atoms with Gasteiger partial charge in [0.15, 0.2) is 0 Å². The van der Waals surface area contributed by atoms with Crippen molar-refractivity contribution in [1.82, 2.24) is 0 Å². The molecule has 2 rings (SSSR count). The lowest BCUT2D eigenvalue weighted by Crippen LogP contribution is -2.15. The van der Waals surface area contributed by atoms with Gasteiger partial charge >= 0.3 is 0 Å². The van der Waals surface area contributed by atoms with Crippen LogP contribution in [0.4, 0.5) is 5.69 Å². The van der Waals surface area contributed by atoms with Crippen LogP contribution in [0.2, 0.25) is 10.0 Å². The van der Waals surface area contributed by atoms with Gasteiger partial charge in [0, 0.05) is 16.7 Å². The van der Waals surface area contributed by atoms with Gasteiger partial charge in [-0.05, 0) is 24.3 Å². The molecule has 0 saturated heterocycles. The monoisotopic (exact) mass is 339 g/mol. The zero-order valence-corrected chi connectivity index (χ0v) is 13.7. The van der Waals surface area contributed by atoms with E-state index in [0.717, 1.165) is 5.56 Å². The average Bonchev–Trinajstić information content (AvgIpc) is 2.50. The van der Waals surface area contributed by atoms with Gasteiger partial charge in [0.1, 0.15) is 11.5 Å². The molecule has 4 nitrogen and oxygen atoms in total. The number of ether oxygens (including phenoxy) is 2. The fourth-order valence-electron chi connectivity index (χ4n) is 1.96. The zero-order chi connectivity index (χ0) is 16.1. The summed E-state index contributed by atoms with van der Waals surface area (Å²) in [7, 11) is 3.12. The Kier molecular flexibility index (Phi) is 5.52. The lowest BCUT2D eigenvalue weighted by atomic mass is 10.1. The number of hydrogen-bond acceptors (Lipinski definition) is 3. The highest BCUT2D eigenvalue weighted by atomic mass is 35.5. The first-order valence-corrected chi connectivity index (χ1v) is 7.25. The third-order valence-electron chi connectivity index (χ3n) is 3.05. The molecule has 0 unspecified atom stereocenters. The van der Waals surface area contributed by atoms with E-state index in [1.807, 2.05) is 0 Å². The van der Waals surface area contributed by atoms with E-state index in [0.29, 0.717) is 27.2 Å². The maximum atomic E-state index is 12.2. The van der Waals surface area contributed by atoms with Crippen molar-refractivity contribution in [3.63, 3.8) is 0 Å². The van der Waals surface area contributed by atoms with Gasteiger partial charge in [0.05, 0.1) is 31.4 Å². The van der Waals surface area contributed by atoms with Gasteiger partial charge in [-0.15, -0.1) is 0 Å². The fraction of sp³-hybridized carbons (Fsp3) is 0.188. The van der Waals surface area contributed by atoms with Crippen LogP contribution in [0.3, 0.4) is 0 Å². The SMILES string of the molecule is COc1ccc(CC(=O)Nc2ccc(Cl)cc2Cl)c(OC)c1. The summed E-state index contributed by atoms with van der Waals surface area (Å²) in [4.78, 5) is 12.2. The Morgan fingerprint density at radius 3 is 2.50 bits per heavy atom. The van der Waals surface area contributed by atoms with Crippen LogP contribution in [0.15, 0.2) is 36.4 Å². The summed E-state index contributed by atoms with van der Waals surface area (Å²) >= 11 is 11.9. The van der Waals surface area contributed by atoms with Gasteiger partial charge in [-0.25, -0.2) is 0 Å². The summed E-state index contributed by atoms with van der Waals surface area (Å²) in [5, 5.41) is 3.65. The van der Waals surface area contributed by atoms with Crippen LogP contribution >= 0.6 is 23.2 Å². The molecule has 0 atom stereocenters. The molecule has 0 spiro atoms. The summed E-state index contributed by atoms with van der Waals surface area (Å²) in [6.07, 6.45) is 0.159. The molecule has 0 heterocycles. The van der Waals surface area contributed by atoms with Gasteiger partial charge in [-0.1, -0.05) is 29.3 Å². The molecule has 0 aliphatic heterocycles. The Balaban J connectivity index is 2.12. The molecule has 2 aromatic rings. The molecule has 116 valence electrons. The largest absolute Gasteiger partial charge is 0.497 e. The lowest BCUT2D eigenvalue weighted by Gasteiger charge is -2.11. The Hall–Kier alpha value is -1.91. The first-order chi connectivity index (χ1) is 10.5. The predicted octanol–water partition coefficient (Wildman–Crippen LogP) is 4.19. The molecule has 6 heteroatoms. The number of rotatable bonds is 5. The quantitative estimate of drug-likeness (QED) is 0.888. The summed E-state index contributed by atoms with van der Waals surface area (Å²) < 4.78 is 10.4. The van der Waals surface area contributed by atoms with Crippen LogP contribution in [-0.2, 0) is 11.2 Å². The number of nitrogens with one attached hydrogen (secondary N) is 1. The minimum absolute atomic E-state index is 0.159. The molecule has 0 bridgehead atoms. The maximum absolute atomic E-state index is 12.2. The molecule has 1 amide bonds. The Morgan fingerprint density at radius 1 is 1.09 bits per heavy atom. The first-order valence-electron chi connectivity index (χ1n) is 6.49. The normalized spacial score (nSPS) is 10.2. The van der Waals surface area contributed by atoms with Crippen molar-refractivity contribution in [1.29, 1.82) is 0 Å². The van der Waals surface area contributed by atoms with E-state index in [-0.39, 0.29) is 12.3 Å². The molecule has 1 N–H and O–H groups in total. The number of benzene rings is 2. The van der Waals surface area contributed by atoms with Crippen LogP contribution < -0.4 is 14.8 Å². The minimum atomic E-state index is -0.201. The molecule has 2 aromatic carbocycles. The number of hydrogen-bond donors (Lipinski definition) is 1. The van der Waals surface area contributed by atoms with E-state index < -0.39 is 0 Å². The number of amides is 1. The van der Waals surface area contributed by atoms with Gasteiger partial charge < -0.3 is 14.8 Å². The Bertz CT molecular complexity index is 689. The van der Waals surface area contributed by atoms with Crippen molar-refractivity contribution in [2.75, 3.05) is 19.5 Å². The van der Waals surface area contributed by atoms with Gasteiger partial charge in [0.2, 0.25) is 5.91 Å². The molecule has 0 aliphatic carbocycles. The fourth-order valence-corrected chi connectivity index (χ4v) is 2.41. The second-order valence-corrected chi connectivity index (χ2v) is 5.37. The maximum Gasteiger partial charge on any atom is 0.228 e. The third-order valence-corrected chi connectivity index (χ3v) is 3.60. The molecule has 0 fully saturated rings. The van der Waals surface area contributed by atoms with Crippen LogP contribution in [0.25, 0.3) is 0 Å².